The Kier molecular flexibility index (Phi) is 4.39. The number of piperidine rings is 1. The third kappa shape index (κ3) is 3.61. The molecule has 50 valence electrons. The van der Waals surface area contributed by atoms with E-state index in [1.165, 1.54) is 36.8 Å². The Hall–Kier alpha value is 0.960. The van der Waals surface area contributed by atoms with Crippen molar-refractivity contribution in [1.29, 1.82) is 0 Å². The van der Waals surface area contributed by atoms with Gasteiger partial charge in [0.2, 0.25) is 0 Å². The zero-order chi connectivity index (χ0) is 6.04. The molecule has 1 aliphatic heterocycles. The van der Waals surface area contributed by atoms with Crippen molar-refractivity contribution in [3.8, 4) is 0 Å². The Morgan fingerprint density at radius 1 is 1.00 bits per heavy atom. The van der Waals surface area contributed by atoms with E-state index in [4.69, 9.17) is 0 Å². The van der Waals surface area contributed by atoms with Crippen molar-refractivity contribution in [1.82, 2.24) is 0 Å². The molecule has 0 aromatic rings. The topological polar surface area (TPSA) is 0 Å². The van der Waals surface area contributed by atoms with Gasteiger partial charge in [0.05, 0.1) is 27.2 Å². The molecule has 0 radical (unpaired) electrons. The molecule has 0 amide bonds. The average molecular weight is 138 g/mol. The van der Waals surface area contributed by atoms with Crippen LogP contribution in [0.4, 0.5) is 0 Å². The van der Waals surface area contributed by atoms with Gasteiger partial charge >= 0.3 is 29.6 Å². The van der Waals surface area contributed by atoms with Crippen LogP contribution in [-0.2, 0) is 0 Å². The molecule has 0 atom stereocenters. The van der Waals surface area contributed by atoms with E-state index >= 15 is 0 Å². The fourth-order valence-electron chi connectivity index (χ4n) is 1.37. The second kappa shape index (κ2) is 3.97. The standard InChI is InChI=1S/C7H16N.Na.H/c1-8(2)6-4-3-5-7-8;;/h3-7H2,1-2H3;;/q2*+1;-1. The molecule has 9 heavy (non-hydrogen) atoms. The predicted molar refractivity (Wildman–Crippen MR) is 36.8 cm³/mol. The molecule has 0 bridgehead atoms. The minimum absolute atomic E-state index is 0. The smallest absolute Gasteiger partial charge is 1.00 e. The van der Waals surface area contributed by atoms with Gasteiger partial charge in [-0.15, -0.1) is 0 Å². The molecule has 1 nitrogen and oxygen atoms in total. The van der Waals surface area contributed by atoms with Crippen molar-refractivity contribution in [3.05, 3.63) is 0 Å². The van der Waals surface area contributed by atoms with Crippen LogP contribution in [0.15, 0.2) is 0 Å². The number of nitrogens with zero attached hydrogens (tertiary/aromatic N) is 1. The van der Waals surface area contributed by atoms with Crippen molar-refractivity contribution in [2.75, 3.05) is 27.2 Å². The first kappa shape index (κ1) is 9.96. The Morgan fingerprint density at radius 3 is 1.67 bits per heavy atom. The summed E-state index contributed by atoms with van der Waals surface area (Å²) in [6, 6.07) is 0. The van der Waals surface area contributed by atoms with Gasteiger partial charge in [0.1, 0.15) is 0 Å². The number of rotatable bonds is 0. The zero-order valence-electron chi connectivity index (χ0n) is 7.98. The predicted octanol–water partition coefficient (Wildman–Crippen LogP) is -1.64. The second-order valence-corrected chi connectivity index (χ2v) is 3.44. The van der Waals surface area contributed by atoms with Crippen LogP contribution >= 0.6 is 0 Å². The number of hydrogen-bond acceptors (Lipinski definition) is 0. The summed E-state index contributed by atoms with van der Waals surface area (Å²) in [7, 11) is 4.64. The Balaban J connectivity index is 0. The molecule has 1 fully saturated rings. The Bertz CT molecular complexity index is 77.7. The molecule has 2 heteroatoms. The van der Waals surface area contributed by atoms with Crippen LogP contribution in [0.1, 0.15) is 20.7 Å². The fraction of sp³-hybridized carbons (Fsp3) is 1.00. The van der Waals surface area contributed by atoms with Gasteiger partial charge in [-0.25, -0.2) is 0 Å². The molecular formula is C7H17NNa+. The van der Waals surface area contributed by atoms with E-state index in [-0.39, 0.29) is 31.0 Å². The van der Waals surface area contributed by atoms with Crippen LogP contribution in [-0.4, -0.2) is 31.7 Å². The van der Waals surface area contributed by atoms with Crippen LogP contribution in [0.25, 0.3) is 0 Å². The first-order valence-electron chi connectivity index (χ1n) is 3.53. The van der Waals surface area contributed by atoms with Crippen LogP contribution in [0.3, 0.4) is 0 Å². The molecule has 0 aromatic carbocycles. The van der Waals surface area contributed by atoms with Gasteiger partial charge in [-0.3, -0.25) is 0 Å². The molecule has 1 saturated heterocycles. The molecule has 0 aliphatic carbocycles. The Morgan fingerprint density at radius 2 is 1.44 bits per heavy atom. The summed E-state index contributed by atoms with van der Waals surface area (Å²) in [6.07, 6.45) is 4.34. The fourth-order valence-corrected chi connectivity index (χ4v) is 1.37. The molecule has 0 saturated carbocycles. The first-order chi connectivity index (χ1) is 3.71. The molecule has 0 spiro atoms. The van der Waals surface area contributed by atoms with E-state index < -0.39 is 0 Å². The van der Waals surface area contributed by atoms with Gasteiger partial charge in [-0.2, -0.15) is 0 Å². The van der Waals surface area contributed by atoms with Gasteiger partial charge in [0, 0.05) is 0 Å². The third-order valence-electron chi connectivity index (χ3n) is 2.03. The number of likely N-dealkylation sites (tertiary alicyclic amines) is 1. The first-order valence-corrected chi connectivity index (χ1v) is 3.53. The molecule has 1 rings (SSSR count). The maximum atomic E-state index is 2.32. The second-order valence-electron chi connectivity index (χ2n) is 3.44. The normalized spacial score (nSPS) is 24.7. The van der Waals surface area contributed by atoms with Gasteiger partial charge in [0.15, 0.2) is 0 Å². The van der Waals surface area contributed by atoms with Crippen LogP contribution in [0.5, 0.6) is 0 Å². The van der Waals surface area contributed by atoms with Gasteiger partial charge in [0.25, 0.3) is 0 Å². The summed E-state index contributed by atoms with van der Waals surface area (Å²) >= 11 is 0. The summed E-state index contributed by atoms with van der Waals surface area (Å²) < 4.78 is 1.25. The monoisotopic (exact) mass is 138 g/mol. The van der Waals surface area contributed by atoms with Crippen LogP contribution in [0.2, 0.25) is 0 Å². The van der Waals surface area contributed by atoms with E-state index in [9.17, 15) is 0 Å². The third-order valence-corrected chi connectivity index (χ3v) is 2.03. The van der Waals surface area contributed by atoms with Crippen molar-refractivity contribution in [2.45, 2.75) is 19.3 Å². The zero-order valence-corrected chi connectivity index (χ0v) is 8.98. The molecule has 1 heterocycles. The molecular weight excluding hydrogens is 121 g/mol. The van der Waals surface area contributed by atoms with Crippen LogP contribution < -0.4 is 29.6 Å². The van der Waals surface area contributed by atoms with Crippen molar-refractivity contribution < 1.29 is 35.5 Å². The average Bonchev–Trinajstić information content (AvgIpc) is 1.65. The summed E-state index contributed by atoms with van der Waals surface area (Å²) in [5.74, 6) is 0. The summed E-state index contributed by atoms with van der Waals surface area (Å²) in [4.78, 5) is 0. The SMILES string of the molecule is C[N+]1(C)CCCCC1.[H-].[Na+]. The van der Waals surface area contributed by atoms with Crippen molar-refractivity contribution >= 4 is 0 Å². The maximum absolute atomic E-state index is 2.32. The van der Waals surface area contributed by atoms with Gasteiger partial charge in [-0.1, -0.05) is 0 Å². The minimum Gasteiger partial charge on any atom is -1.00 e. The van der Waals surface area contributed by atoms with E-state index in [2.05, 4.69) is 14.1 Å². The number of quaternary nitrogens is 1. The van der Waals surface area contributed by atoms with Gasteiger partial charge < -0.3 is 5.91 Å². The van der Waals surface area contributed by atoms with E-state index in [1.807, 2.05) is 0 Å². The number of hydrogen-bond donors (Lipinski definition) is 0. The van der Waals surface area contributed by atoms with Crippen molar-refractivity contribution in [3.63, 3.8) is 0 Å². The van der Waals surface area contributed by atoms with Crippen molar-refractivity contribution in [2.24, 2.45) is 0 Å². The van der Waals surface area contributed by atoms with Gasteiger partial charge in [-0.05, 0) is 19.3 Å². The molecule has 0 aromatic heterocycles. The molecule has 0 unspecified atom stereocenters. The van der Waals surface area contributed by atoms with E-state index in [0.717, 1.165) is 0 Å². The van der Waals surface area contributed by atoms with E-state index in [1.54, 1.807) is 0 Å². The minimum atomic E-state index is 0. The largest absolute Gasteiger partial charge is 1.00 e. The summed E-state index contributed by atoms with van der Waals surface area (Å²) in [5, 5.41) is 0. The summed E-state index contributed by atoms with van der Waals surface area (Å²) in [6.45, 7) is 2.78. The Labute approximate surface area is 81.8 Å². The van der Waals surface area contributed by atoms with Crippen LogP contribution in [0, 0.1) is 0 Å². The molecule has 1 aliphatic rings. The summed E-state index contributed by atoms with van der Waals surface area (Å²) in [5.41, 5.74) is 0. The molecule has 0 N–H and O–H groups in total. The van der Waals surface area contributed by atoms with E-state index in [0.29, 0.717) is 0 Å². The maximum Gasteiger partial charge on any atom is 1.00 e. The quantitative estimate of drug-likeness (QED) is 0.278.